The normalized spacial score (nSPS) is 10.7. The molecule has 0 radical (unpaired) electrons. The summed E-state index contributed by atoms with van der Waals surface area (Å²) < 4.78 is 1.95. The third kappa shape index (κ3) is 3.14. The van der Waals surface area contributed by atoms with Crippen LogP contribution in [0.25, 0.3) is 10.8 Å². The number of hydrogen-bond acceptors (Lipinski definition) is 1. The lowest BCUT2D eigenvalue weighted by Crippen LogP contribution is -2.13. The van der Waals surface area contributed by atoms with Crippen LogP contribution in [0, 0.1) is 3.57 Å². The van der Waals surface area contributed by atoms with Gasteiger partial charge in [-0.25, -0.2) is 0 Å². The quantitative estimate of drug-likeness (QED) is 0.435. The predicted molar refractivity (Wildman–Crippen MR) is 104 cm³/mol. The number of anilines is 1. The Kier molecular flexibility index (Phi) is 4.70. The van der Waals surface area contributed by atoms with Gasteiger partial charge in [0.1, 0.15) is 0 Å². The van der Waals surface area contributed by atoms with Crippen LogP contribution >= 0.6 is 50.1 Å². The van der Waals surface area contributed by atoms with E-state index in [2.05, 4.69) is 43.8 Å². The van der Waals surface area contributed by atoms with E-state index in [0.29, 0.717) is 10.6 Å². The minimum Gasteiger partial charge on any atom is -0.321 e. The third-order valence-corrected chi connectivity index (χ3v) is 5.01. The molecule has 0 bridgehead atoms. The molecule has 0 saturated heterocycles. The Bertz CT molecular complexity index is 882. The lowest BCUT2D eigenvalue weighted by molar-refractivity contribution is 0.102. The molecule has 0 aliphatic rings. The first-order valence-corrected chi connectivity index (χ1v) is 8.75. The minimum atomic E-state index is -0.145. The van der Waals surface area contributed by atoms with Crippen molar-refractivity contribution in [2.24, 2.45) is 0 Å². The van der Waals surface area contributed by atoms with Crippen molar-refractivity contribution in [1.29, 1.82) is 0 Å². The molecule has 22 heavy (non-hydrogen) atoms. The number of fused-ring (bicyclic) bond motifs is 1. The molecule has 0 unspecified atom stereocenters. The van der Waals surface area contributed by atoms with Gasteiger partial charge in [0.15, 0.2) is 0 Å². The molecule has 0 aliphatic heterocycles. The Morgan fingerprint density at radius 2 is 1.77 bits per heavy atom. The summed E-state index contributed by atoms with van der Waals surface area (Å²) in [6, 6.07) is 16.9. The van der Waals surface area contributed by atoms with Crippen LogP contribution in [-0.2, 0) is 0 Å². The molecule has 0 atom stereocenters. The molecule has 3 aromatic rings. The van der Waals surface area contributed by atoms with Crippen LogP contribution in [0.1, 0.15) is 10.4 Å². The molecule has 0 saturated carbocycles. The van der Waals surface area contributed by atoms with Crippen molar-refractivity contribution in [3.63, 3.8) is 0 Å². The fourth-order valence-corrected chi connectivity index (χ4v) is 3.93. The molecule has 0 fully saturated rings. The zero-order valence-electron chi connectivity index (χ0n) is 11.2. The van der Waals surface area contributed by atoms with Crippen LogP contribution in [0.2, 0.25) is 5.02 Å². The first-order chi connectivity index (χ1) is 10.6. The summed E-state index contributed by atoms with van der Waals surface area (Å²) in [5.41, 5.74) is 1.39. The van der Waals surface area contributed by atoms with Crippen LogP contribution in [0.15, 0.2) is 59.1 Å². The second-order valence-electron chi connectivity index (χ2n) is 4.72. The standard InChI is InChI=1S/C17H10BrClINO/c18-10-7-8-16(15(20)9-10)21-17(22)13-5-1-4-12-11(13)3-2-6-14(12)19/h1-9H,(H,21,22). The smallest absolute Gasteiger partial charge is 0.256 e. The summed E-state index contributed by atoms with van der Waals surface area (Å²) in [5.74, 6) is -0.145. The number of hydrogen-bond donors (Lipinski definition) is 1. The minimum absolute atomic E-state index is 0.145. The molecule has 3 aromatic carbocycles. The largest absolute Gasteiger partial charge is 0.321 e. The van der Waals surface area contributed by atoms with Crippen LogP contribution in [0.4, 0.5) is 5.69 Å². The molecule has 0 spiro atoms. The number of carbonyl (C=O) groups is 1. The molecule has 0 aromatic heterocycles. The summed E-state index contributed by atoms with van der Waals surface area (Å²) in [6.07, 6.45) is 0. The van der Waals surface area contributed by atoms with Gasteiger partial charge in [-0.3, -0.25) is 4.79 Å². The average molecular weight is 487 g/mol. The number of nitrogens with one attached hydrogen (secondary N) is 1. The fourth-order valence-electron chi connectivity index (χ4n) is 2.25. The van der Waals surface area contributed by atoms with Gasteiger partial charge in [-0.15, -0.1) is 0 Å². The van der Waals surface area contributed by atoms with Crippen molar-refractivity contribution in [1.82, 2.24) is 0 Å². The van der Waals surface area contributed by atoms with Crippen molar-refractivity contribution in [3.05, 3.63) is 73.2 Å². The second-order valence-corrected chi connectivity index (χ2v) is 7.20. The zero-order chi connectivity index (χ0) is 15.7. The molecule has 0 aliphatic carbocycles. The maximum Gasteiger partial charge on any atom is 0.256 e. The molecular formula is C17H10BrClINO. The second kappa shape index (κ2) is 6.56. The van der Waals surface area contributed by atoms with Crippen molar-refractivity contribution in [3.8, 4) is 0 Å². The summed E-state index contributed by atoms with van der Waals surface area (Å²) in [6.45, 7) is 0. The molecule has 5 heteroatoms. The van der Waals surface area contributed by atoms with E-state index < -0.39 is 0 Å². The van der Waals surface area contributed by atoms with Gasteiger partial charge in [0.2, 0.25) is 0 Å². The van der Waals surface area contributed by atoms with Gasteiger partial charge in [-0.2, -0.15) is 0 Å². The molecule has 2 nitrogen and oxygen atoms in total. The molecule has 3 rings (SSSR count). The molecule has 110 valence electrons. The Hall–Kier alpha value is -1.11. The van der Waals surface area contributed by atoms with E-state index in [4.69, 9.17) is 11.6 Å². The van der Waals surface area contributed by atoms with Crippen LogP contribution in [0.3, 0.4) is 0 Å². The van der Waals surface area contributed by atoms with Gasteiger partial charge in [-0.05, 0) is 58.3 Å². The molecular weight excluding hydrogens is 476 g/mol. The highest BCUT2D eigenvalue weighted by Crippen LogP contribution is 2.27. The highest BCUT2D eigenvalue weighted by Gasteiger charge is 2.12. The number of benzene rings is 3. The first-order valence-electron chi connectivity index (χ1n) is 6.50. The monoisotopic (exact) mass is 485 g/mol. The Morgan fingerprint density at radius 1 is 1.05 bits per heavy atom. The molecule has 0 heterocycles. The van der Waals surface area contributed by atoms with E-state index in [-0.39, 0.29) is 5.91 Å². The first kappa shape index (κ1) is 15.8. The third-order valence-electron chi connectivity index (χ3n) is 3.29. The van der Waals surface area contributed by atoms with Crippen LogP contribution in [0.5, 0.6) is 0 Å². The van der Waals surface area contributed by atoms with Crippen LogP contribution < -0.4 is 5.32 Å². The lowest BCUT2D eigenvalue weighted by atomic mass is 10.0. The maximum absolute atomic E-state index is 12.6. The van der Waals surface area contributed by atoms with Crippen molar-refractivity contribution >= 4 is 72.5 Å². The van der Waals surface area contributed by atoms with Crippen LogP contribution in [-0.4, -0.2) is 5.91 Å². The van der Waals surface area contributed by atoms with Crippen molar-refractivity contribution < 1.29 is 4.79 Å². The van der Waals surface area contributed by atoms with E-state index >= 15 is 0 Å². The summed E-state index contributed by atoms with van der Waals surface area (Å²) in [7, 11) is 0. The Balaban J connectivity index is 2.01. The van der Waals surface area contributed by atoms with E-state index in [1.54, 1.807) is 6.07 Å². The Labute approximate surface area is 155 Å². The SMILES string of the molecule is O=C(Nc1ccc(Br)cc1I)c1cccc2c(Cl)cccc12. The van der Waals surface area contributed by atoms with Gasteiger partial charge in [0.05, 0.1) is 5.69 Å². The van der Waals surface area contributed by atoms with Gasteiger partial charge in [0.25, 0.3) is 5.91 Å². The van der Waals surface area contributed by atoms with E-state index in [1.165, 1.54) is 0 Å². The summed E-state index contributed by atoms with van der Waals surface area (Å²) in [5, 5.41) is 5.32. The van der Waals surface area contributed by atoms with E-state index in [1.807, 2.05) is 48.5 Å². The van der Waals surface area contributed by atoms with Crippen molar-refractivity contribution in [2.45, 2.75) is 0 Å². The number of carbonyl (C=O) groups excluding carboxylic acids is 1. The highest BCUT2D eigenvalue weighted by molar-refractivity contribution is 14.1. The number of halogens is 3. The summed E-state index contributed by atoms with van der Waals surface area (Å²) in [4.78, 5) is 12.6. The van der Waals surface area contributed by atoms with Gasteiger partial charge in [0, 0.05) is 24.0 Å². The number of amides is 1. The average Bonchev–Trinajstić information content (AvgIpc) is 2.50. The highest BCUT2D eigenvalue weighted by atomic mass is 127. The Morgan fingerprint density at radius 3 is 2.55 bits per heavy atom. The zero-order valence-corrected chi connectivity index (χ0v) is 15.7. The topological polar surface area (TPSA) is 29.1 Å². The molecule has 1 N–H and O–H groups in total. The van der Waals surface area contributed by atoms with Gasteiger partial charge in [-0.1, -0.05) is 51.8 Å². The predicted octanol–water partition coefficient (Wildman–Crippen LogP) is 6.11. The van der Waals surface area contributed by atoms with Gasteiger partial charge < -0.3 is 5.32 Å². The van der Waals surface area contributed by atoms with Gasteiger partial charge >= 0.3 is 0 Å². The molecule has 1 amide bonds. The van der Waals surface area contributed by atoms with Crippen molar-refractivity contribution in [2.75, 3.05) is 5.32 Å². The maximum atomic E-state index is 12.6. The van der Waals surface area contributed by atoms with E-state index in [0.717, 1.165) is 24.5 Å². The van der Waals surface area contributed by atoms with E-state index in [9.17, 15) is 4.79 Å². The summed E-state index contributed by atoms with van der Waals surface area (Å²) >= 11 is 11.8. The fraction of sp³-hybridized carbons (Fsp3) is 0. The number of rotatable bonds is 2. The lowest BCUT2D eigenvalue weighted by Gasteiger charge is -2.10.